The van der Waals surface area contributed by atoms with Gasteiger partial charge in [0.25, 0.3) is 0 Å². The summed E-state index contributed by atoms with van der Waals surface area (Å²) >= 11 is 6.02. The molecule has 1 N–H and O–H groups in total. The number of nitrogens with zero attached hydrogens (tertiary/aromatic N) is 2. The Morgan fingerprint density at radius 3 is 2.58 bits per heavy atom. The number of nitrogens with one attached hydrogen (secondary N) is 1. The van der Waals surface area contributed by atoms with Gasteiger partial charge >= 0.3 is 6.18 Å². The van der Waals surface area contributed by atoms with Crippen LogP contribution in [0.4, 0.5) is 18.9 Å². The first kappa shape index (κ1) is 19.0. The van der Waals surface area contributed by atoms with Crippen LogP contribution in [0.5, 0.6) is 0 Å². The Labute approximate surface area is 144 Å². The van der Waals surface area contributed by atoms with Crippen molar-refractivity contribution in [3.63, 3.8) is 0 Å². The highest BCUT2D eigenvalue weighted by molar-refractivity contribution is 6.31. The first-order valence-corrected chi connectivity index (χ1v) is 8.19. The van der Waals surface area contributed by atoms with Crippen LogP contribution in [0.2, 0.25) is 5.02 Å². The van der Waals surface area contributed by atoms with Crippen LogP contribution in [0.15, 0.2) is 18.2 Å². The minimum atomic E-state index is -4.18. The van der Waals surface area contributed by atoms with E-state index < -0.39 is 12.7 Å². The Bertz CT molecular complexity index is 580. The van der Waals surface area contributed by atoms with Crippen molar-refractivity contribution in [3.8, 4) is 0 Å². The van der Waals surface area contributed by atoms with Gasteiger partial charge in [0.05, 0.1) is 13.1 Å². The van der Waals surface area contributed by atoms with Crippen molar-refractivity contribution in [3.05, 3.63) is 28.8 Å². The molecule has 1 amide bonds. The average Bonchev–Trinajstić information content (AvgIpc) is 2.68. The number of benzene rings is 1. The molecule has 0 saturated carbocycles. The molecule has 1 heterocycles. The van der Waals surface area contributed by atoms with Crippen molar-refractivity contribution in [1.29, 1.82) is 0 Å². The molecule has 24 heavy (non-hydrogen) atoms. The van der Waals surface area contributed by atoms with Crippen molar-refractivity contribution < 1.29 is 18.0 Å². The van der Waals surface area contributed by atoms with Gasteiger partial charge in [-0.15, -0.1) is 0 Å². The maximum absolute atomic E-state index is 12.5. The zero-order valence-corrected chi connectivity index (χ0v) is 14.3. The van der Waals surface area contributed by atoms with Crippen LogP contribution in [-0.4, -0.2) is 61.2 Å². The van der Waals surface area contributed by atoms with E-state index in [1.807, 2.05) is 11.8 Å². The number of carbonyl (C=O) groups is 1. The van der Waals surface area contributed by atoms with Gasteiger partial charge in [-0.2, -0.15) is 13.2 Å². The average molecular weight is 364 g/mol. The van der Waals surface area contributed by atoms with E-state index in [1.54, 1.807) is 18.2 Å². The highest BCUT2D eigenvalue weighted by Crippen LogP contribution is 2.23. The number of amides is 1. The summed E-state index contributed by atoms with van der Waals surface area (Å²) < 4.78 is 37.4. The number of alkyl halides is 3. The fraction of sp³-hybridized carbons (Fsp3) is 0.562. The highest BCUT2D eigenvalue weighted by Gasteiger charge is 2.31. The summed E-state index contributed by atoms with van der Waals surface area (Å²) in [5.74, 6) is -0.190. The Balaban J connectivity index is 1.85. The summed E-state index contributed by atoms with van der Waals surface area (Å²) in [6.07, 6.45) is -3.57. The van der Waals surface area contributed by atoms with Crippen molar-refractivity contribution in [2.75, 3.05) is 44.6 Å². The predicted molar refractivity (Wildman–Crippen MR) is 88.4 cm³/mol. The number of hydrogen-bond acceptors (Lipinski definition) is 3. The highest BCUT2D eigenvalue weighted by atomic mass is 35.5. The molecule has 1 saturated heterocycles. The van der Waals surface area contributed by atoms with E-state index in [2.05, 4.69) is 5.32 Å². The van der Waals surface area contributed by atoms with Crippen molar-refractivity contribution in [2.45, 2.75) is 19.5 Å². The van der Waals surface area contributed by atoms with Crippen LogP contribution >= 0.6 is 11.6 Å². The molecule has 0 bridgehead atoms. The second-order valence-corrected chi connectivity index (χ2v) is 6.39. The molecule has 0 spiro atoms. The lowest BCUT2D eigenvalue weighted by molar-refractivity contribution is -0.145. The van der Waals surface area contributed by atoms with Crippen LogP contribution in [-0.2, 0) is 4.79 Å². The van der Waals surface area contributed by atoms with Crippen LogP contribution in [0.25, 0.3) is 0 Å². The number of carbonyl (C=O) groups excluding carboxylic acids is 1. The molecule has 1 aromatic rings. The lowest BCUT2D eigenvalue weighted by atomic mass is 10.2. The summed E-state index contributed by atoms with van der Waals surface area (Å²) in [4.78, 5) is 15.4. The summed E-state index contributed by atoms with van der Waals surface area (Å²) in [7, 11) is 0. The summed E-state index contributed by atoms with van der Waals surface area (Å²) in [6, 6.07) is 5.27. The van der Waals surface area contributed by atoms with E-state index in [1.165, 1.54) is 4.90 Å². The smallest absolute Gasteiger partial charge is 0.325 e. The van der Waals surface area contributed by atoms with E-state index in [-0.39, 0.29) is 12.5 Å². The first-order valence-electron chi connectivity index (χ1n) is 7.81. The second kappa shape index (κ2) is 8.18. The molecular weight excluding hydrogens is 343 g/mol. The summed E-state index contributed by atoms with van der Waals surface area (Å²) in [5, 5.41) is 3.38. The van der Waals surface area contributed by atoms with Crippen LogP contribution < -0.4 is 5.32 Å². The molecule has 2 rings (SSSR count). The van der Waals surface area contributed by atoms with Crippen LogP contribution in [0.3, 0.4) is 0 Å². The third-order valence-electron chi connectivity index (χ3n) is 3.99. The fourth-order valence-electron chi connectivity index (χ4n) is 2.73. The zero-order chi connectivity index (χ0) is 17.7. The first-order chi connectivity index (χ1) is 11.2. The number of halogens is 4. The molecule has 0 atom stereocenters. The van der Waals surface area contributed by atoms with E-state index in [0.717, 1.165) is 5.56 Å². The van der Waals surface area contributed by atoms with Gasteiger partial charge in [-0.05, 0) is 44.1 Å². The van der Waals surface area contributed by atoms with Gasteiger partial charge in [0.15, 0.2) is 0 Å². The van der Waals surface area contributed by atoms with Crippen LogP contribution in [0.1, 0.15) is 12.0 Å². The van der Waals surface area contributed by atoms with Gasteiger partial charge in [-0.3, -0.25) is 14.6 Å². The molecule has 1 aromatic carbocycles. The number of rotatable bonds is 4. The molecule has 1 aliphatic rings. The molecule has 1 aliphatic heterocycles. The number of hydrogen-bond donors (Lipinski definition) is 1. The topological polar surface area (TPSA) is 35.6 Å². The van der Waals surface area contributed by atoms with Gasteiger partial charge in [-0.25, -0.2) is 0 Å². The molecule has 134 valence electrons. The molecule has 0 aromatic heterocycles. The van der Waals surface area contributed by atoms with E-state index in [9.17, 15) is 18.0 Å². The molecule has 8 heteroatoms. The minimum absolute atomic E-state index is 0.159. The Morgan fingerprint density at radius 2 is 1.88 bits per heavy atom. The van der Waals surface area contributed by atoms with Gasteiger partial charge in [0.2, 0.25) is 5.91 Å². The van der Waals surface area contributed by atoms with Crippen LogP contribution in [0, 0.1) is 6.92 Å². The zero-order valence-electron chi connectivity index (χ0n) is 13.5. The molecule has 0 aliphatic carbocycles. The standard InChI is InChI=1S/C16H21ClF3N3O/c1-12-13(17)4-2-5-14(12)21-15(24)10-22-6-3-7-23(9-8-22)11-16(18,19)20/h2,4-5H,3,6-11H2,1H3,(H,21,24). The van der Waals surface area contributed by atoms with Crippen molar-refractivity contribution in [1.82, 2.24) is 9.80 Å². The van der Waals surface area contributed by atoms with Crippen molar-refractivity contribution in [2.24, 2.45) is 0 Å². The minimum Gasteiger partial charge on any atom is -0.325 e. The lowest BCUT2D eigenvalue weighted by Crippen LogP contribution is -2.39. The van der Waals surface area contributed by atoms with Gasteiger partial charge in [-0.1, -0.05) is 17.7 Å². The van der Waals surface area contributed by atoms with E-state index in [4.69, 9.17) is 11.6 Å². The number of anilines is 1. The molecule has 4 nitrogen and oxygen atoms in total. The normalized spacial score (nSPS) is 17.5. The van der Waals surface area contributed by atoms with Gasteiger partial charge < -0.3 is 5.32 Å². The second-order valence-electron chi connectivity index (χ2n) is 5.98. The maximum Gasteiger partial charge on any atom is 0.401 e. The maximum atomic E-state index is 12.5. The Kier molecular flexibility index (Phi) is 6.48. The Hall–Kier alpha value is -1.31. The predicted octanol–water partition coefficient (Wildman–Crippen LogP) is 3.16. The molecular formula is C16H21ClF3N3O. The Morgan fingerprint density at radius 1 is 1.21 bits per heavy atom. The third kappa shape index (κ3) is 5.96. The SMILES string of the molecule is Cc1c(Cl)cccc1NC(=O)CN1CCCN(CC(F)(F)F)CC1. The lowest BCUT2D eigenvalue weighted by Gasteiger charge is -2.22. The molecule has 1 fully saturated rings. The molecule has 0 unspecified atom stereocenters. The van der Waals surface area contributed by atoms with E-state index in [0.29, 0.717) is 43.3 Å². The monoisotopic (exact) mass is 363 g/mol. The quantitative estimate of drug-likeness (QED) is 0.892. The summed E-state index contributed by atoms with van der Waals surface area (Å²) in [6.45, 7) is 2.84. The van der Waals surface area contributed by atoms with E-state index >= 15 is 0 Å². The van der Waals surface area contributed by atoms with Gasteiger partial charge in [0.1, 0.15) is 0 Å². The summed E-state index contributed by atoms with van der Waals surface area (Å²) in [5.41, 5.74) is 1.45. The van der Waals surface area contributed by atoms with Gasteiger partial charge in [0, 0.05) is 23.8 Å². The third-order valence-corrected chi connectivity index (χ3v) is 4.40. The van der Waals surface area contributed by atoms with Crippen molar-refractivity contribution >= 4 is 23.2 Å². The largest absolute Gasteiger partial charge is 0.401 e. The molecule has 0 radical (unpaired) electrons. The fourth-order valence-corrected chi connectivity index (χ4v) is 2.90.